The summed E-state index contributed by atoms with van der Waals surface area (Å²) < 4.78 is 10.3. The number of rotatable bonds is 8. The average Bonchev–Trinajstić information content (AvgIpc) is 2.66. The van der Waals surface area contributed by atoms with Gasteiger partial charge in [0.15, 0.2) is 0 Å². The zero-order chi connectivity index (χ0) is 18.9. The predicted molar refractivity (Wildman–Crippen MR) is 99.4 cm³/mol. The molecule has 26 heavy (non-hydrogen) atoms. The molecule has 0 aliphatic carbocycles. The summed E-state index contributed by atoms with van der Waals surface area (Å²) in [5, 5.41) is 2.85. The molecule has 138 valence electrons. The number of benzene rings is 2. The van der Waals surface area contributed by atoms with E-state index >= 15 is 0 Å². The maximum atomic E-state index is 12.2. The molecule has 0 aliphatic rings. The van der Waals surface area contributed by atoms with Gasteiger partial charge in [0, 0.05) is 18.7 Å². The van der Waals surface area contributed by atoms with Crippen LogP contribution in [0.25, 0.3) is 0 Å². The maximum Gasteiger partial charge on any atom is 0.337 e. The number of esters is 1. The van der Waals surface area contributed by atoms with Gasteiger partial charge in [0.1, 0.15) is 12.4 Å². The second-order valence-corrected chi connectivity index (χ2v) is 6.05. The number of hydrogen-bond acceptors (Lipinski definition) is 5. The van der Waals surface area contributed by atoms with E-state index in [0.717, 1.165) is 17.9 Å². The average molecular weight is 356 g/mol. The van der Waals surface area contributed by atoms with Crippen molar-refractivity contribution in [3.63, 3.8) is 0 Å². The third-order valence-corrected chi connectivity index (χ3v) is 3.75. The van der Waals surface area contributed by atoms with Gasteiger partial charge >= 0.3 is 5.97 Å². The first-order chi connectivity index (χ1) is 12.5. The zero-order valence-corrected chi connectivity index (χ0v) is 15.3. The minimum atomic E-state index is -0.426. The molecule has 0 aromatic heterocycles. The lowest BCUT2D eigenvalue weighted by atomic mass is 10.1. The van der Waals surface area contributed by atoms with Gasteiger partial charge in [-0.2, -0.15) is 0 Å². The van der Waals surface area contributed by atoms with E-state index in [0.29, 0.717) is 24.3 Å². The van der Waals surface area contributed by atoms with Gasteiger partial charge < -0.3 is 19.7 Å². The van der Waals surface area contributed by atoms with Crippen LogP contribution in [-0.4, -0.2) is 51.1 Å². The molecule has 0 fully saturated rings. The van der Waals surface area contributed by atoms with Crippen molar-refractivity contribution in [2.75, 3.05) is 34.4 Å². The Morgan fingerprint density at radius 2 is 1.58 bits per heavy atom. The van der Waals surface area contributed by atoms with Gasteiger partial charge in [-0.3, -0.25) is 4.79 Å². The second kappa shape index (κ2) is 9.58. The third kappa shape index (κ3) is 5.89. The van der Waals surface area contributed by atoms with Gasteiger partial charge in [0.05, 0.1) is 12.7 Å². The van der Waals surface area contributed by atoms with E-state index in [1.165, 1.54) is 7.11 Å². The standard InChI is InChI=1S/C20H24N2O4/c1-22(2)12-13-26-18-10-4-15(5-11-18)14-21-19(23)16-6-8-17(9-7-16)20(24)25-3/h4-11H,12-14H2,1-3H3,(H,21,23). The molecule has 1 amide bonds. The van der Waals surface area contributed by atoms with E-state index in [9.17, 15) is 9.59 Å². The van der Waals surface area contributed by atoms with E-state index in [-0.39, 0.29) is 5.91 Å². The van der Waals surface area contributed by atoms with Crippen molar-refractivity contribution in [3.8, 4) is 5.75 Å². The highest BCUT2D eigenvalue weighted by atomic mass is 16.5. The van der Waals surface area contributed by atoms with E-state index in [2.05, 4.69) is 15.0 Å². The Hall–Kier alpha value is -2.86. The molecule has 2 aromatic rings. The molecule has 0 spiro atoms. The van der Waals surface area contributed by atoms with Crippen LogP contribution in [0.5, 0.6) is 5.75 Å². The lowest BCUT2D eigenvalue weighted by molar-refractivity contribution is 0.0600. The Bertz CT molecular complexity index is 724. The van der Waals surface area contributed by atoms with Crippen molar-refractivity contribution in [1.29, 1.82) is 0 Å². The number of amides is 1. The molecule has 1 N–H and O–H groups in total. The molecule has 6 nitrogen and oxygen atoms in total. The van der Waals surface area contributed by atoms with Crippen LogP contribution in [0.3, 0.4) is 0 Å². The van der Waals surface area contributed by atoms with Crippen molar-refractivity contribution in [3.05, 3.63) is 65.2 Å². The van der Waals surface area contributed by atoms with E-state index in [1.807, 2.05) is 38.4 Å². The zero-order valence-electron chi connectivity index (χ0n) is 15.3. The monoisotopic (exact) mass is 356 g/mol. The summed E-state index contributed by atoms with van der Waals surface area (Å²) >= 11 is 0. The molecule has 2 rings (SSSR count). The van der Waals surface area contributed by atoms with Gasteiger partial charge in [-0.05, 0) is 56.1 Å². The predicted octanol–water partition coefficient (Wildman–Crippen LogP) is 2.34. The van der Waals surface area contributed by atoms with Crippen LogP contribution < -0.4 is 10.1 Å². The summed E-state index contributed by atoms with van der Waals surface area (Å²) in [4.78, 5) is 25.6. The first kappa shape index (κ1) is 19.5. The molecule has 0 aliphatic heterocycles. The number of ether oxygens (including phenoxy) is 2. The highest BCUT2D eigenvalue weighted by Crippen LogP contribution is 2.12. The number of nitrogens with one attached hydrogen (secondary N) is 1. The van der Waals surface area contributed by atoms with E-state index < -0.39 is 5.97 Å². The number of methoxy groups -OCH3 is 1. The Kier molecular flexibility index (Phi) is 7.17. The quantitative estimate of drug-likeness (QED) is 0.736. The normalized spacial score (nSPS) is 10.5. The van der Waals surface area contributed by atoms with Gasteiger partial charge in [0.2, 0.25) is 0 Å². The molecule has 0 atom stereocenters. The van der Waals surface area contributed by atoms with E-state index in [1.54, 1.807) is 24.3 Å². The first-order valence-electron chi connectivity index (χ1n) is 8.32. The van der Waals surface area contributed by atoms with Crippen LogP contribution >= 0.6 is 0 Å². The Morgan fingerprint density at radius 1 is 0.962 bits per heavy atom. The summed E-state index contributed by atoms with van der Waals surface area (Å²) in [6, 6.07) is 14.0. The topological polar surface area (TPSA) is 67.9 Å². The Labute approximate surface area is 153 Å². The Morgan fingerprint density at radius 3 is 2.15 bits per heavy atom. The largest absolute Gasteiger partial charge is 0.492 e. The molecule has 0 saturated carbocycles. The maximum absolute atomic E-state index is 12.2. The lowest BCUT2D eigenvalue weighted by Gasteiger charge is -2.11. The number of carbonyl (C=O) groups excluding carboxylic acids is 2. The fourth-order valence-electron chi connectivity index (χ4n) is 2.21. The number of likely N-dealkylation sites (N-methyl/N-ethyl adjacent to an activating group) is 1. The summed E-state index contributed by atoms with van der Waals surface area (Å²) in [6.45, 7) is 1.90. The second-order valence-electron chi connectivity index (χ2n) is 6.05. The van der Waals surface area contributed by atoms with Gasteiger partial charge in [-0.15, -0.1) is 0 Å². The first-order valence-corrected chi connectivity index (χ1v) is 8.32. The lowest BCUT2D eigenvalue weighted by Crippen LogP contribution is -2.22. The summed E-state index contributed by atoms with van der Waals surface area (Å²) in [6.07, 6.45) is 0. The molecule has 0 saturated heterocycles. The van der Waals surface area contributed by atoms with Gasteiger partial charge in [-0.25, -0.2) is 4.79 Å². The molecule has 0 unspecified atom stereocenters. The van der Waals surface area contributed by atoms with E-state index in [4.69, 9.17) is 4.74 Å². The van der Waals surface area contributed by atoms with Crippen molar-refractivity contribution in [2.24, 2.45) is 0 Å². The summed E-state index contributed by atoms with van der Waals surface area (Å²) in [7, 11) is 5.32. The minimum absolute atomic E-state index is 0.201. The third-order valence-electron chi connectivity index (χ3n) is 3.75. The number of nitrogens with zero attached hydrogens (tertiary/aromatic N) is 1. The number of carbonyl (C=O) groups is 2. The van der Waals surface area contributed by atoms with Crippen LogP contribution in [0.2, 0.25) is 0 Å². The highest BCUT2D eigenvalue weighted by molar-refractivity contribution is 5.96. The fourth-order valence-corrected chi connectivity index (χ4v) is 2.21. The summed E-state index contributed by atoms with van der Waals surface area (Å²) in [5.41, 5.74) is 1.87. The molecular formula is C20H24N2O4. The van der Waals surface area contributed by atoms with Crippen molar-refractivity contribution < 1.29 is 19.1 Å². The van der Waals surface area contributed by atoms with Crippen LogP contribution in [0.4, 0.5) is 0 Å². The fraction of sp³-hybridized carbons (Fsp3) is 0.300. The van der Waals surface area contributed by atoms with Crippen LogP contribution in [0.15, 0.2) is 48.5 Å². The molecule has 0 radical (unpaired) electrons. The van der Waals surface area contributed by atoms with Gasteiger partial charge in [0.25, 0.3) is 5.91 Å². The van der Waals surface area contributed by atoms with Crippen LogP contribution in [-0.2, 0) is 11.3 Å². The van der Waals surface area contributed by atoms with Crippen molar-refractivity contribution >= 4 is 11.9 Å². The molecule has 0 bridgehead atoms. The van der Waals surface area contributed by atoms with Crippen LogP contribution in [0.1, 0.15) is 26.3 Å². The molecule has 0 heterocycles. The summed E-state index contributed by atoms with van der Waals surface area (Å²) in [5.74, 6) is 0.179. The van der Waals surface area contributed by atoms with Crippen LogP contribution in [0, 0.1) is 0 Å². The highest BCUT2D eigenvalue weighted by Gasteiger charge is 2.08. The molecular weight excluding hydrogens is 332 g/mol. The molecule has 6 heteroatoms. The van der Waals surface area contributed by atoms with Gasteiger partial charge in [-0.1, -0.05) is 12.1 Å². The van der Waals surface area contributed by atoms with Crippen molar-refractivity contribution in [1.82, 2.24) is 10.2 Å². The minimum Gasteiger partial charge on any atom is -0.492 e. The molecule has 2 aromatic carbocycles. The SMILES string of the molecule is COC(=O)c1ccc(C(=O)NCc2ccc(OCCN(C)C)cc2)cc1. The smallest absolute Gasteiger partial charge is 0.337 e. The Balaban J connectivity index is 1.84. The number of hydrogen-bond donors (Lipinski definition) is 1. The van der Waals surface area contributed by atoms with Crippen molar-refractivity contribution in [2.45, 2.75) is 6.54 Å².